The van der Waals surface area contributed by atoms with Crippen molar-refractivity contribution in [3.05, 3.63) is 40.8 Å². The third-order valence-electron chi connectivity index (χ3n) is 2.36. The molecule has 0 atom stereocenters. The second-order valence-electron chi connectivity index (χ2n) is 3.89. The van der Waals surface area contributed by atoms with Crippen molar-refractivity contribution >= 4 is 29.1 Å². The van der Waals surface area contributed by atoms with E-state index in [0.29, 0.717) is 0 Å². The van der Waals surface area contributed by atoms with Crippen LogP contribution in [0.2, 0.25) is 5.02 Å². The van der Waals surface area contributed by atoms with Crippen LogP contribution in [0.25, 0.3) is 0 Å². The molecule has 21 heavy (non-hydrogen) atoms. The maximum Gasteiger partial charge on any atom is 0.416 e. The normalized spacial score (nSPS) is 11.3. The molecule has 0 aliphatic heterocycles. The van der Waals surface area contributed by atoms with Gasteiger partial charge in [-0.25, -0.2) is 15.2 Å². The van der Waals surface area contributed by atoms with Crippen molar-refractivity contribution in [3.63, 3.8) is 0 Å². The van der Waals surface area contributed by atoms with E-state index in [1.165, 1.54) is 6.07 Å². The van der Waals surface area contributed by atoms with E-state index in [1.807, 2.05) is 0 Å². The molecule has 1 heterocycles. The molecule has 0 saturated carbocycles. The Morgan fingerprint density at radius 1 is 1.19 bits per heavy atom. The molecular weight excluding hydrogens is 314 g/mol. The van der Waals surface area contributed by atoms with Crippen molar-refractivity contribution < 1.29 is 17.6 Å². The Bertz CT molecular complexity index is 662. The summed E-state index contributed by atoms with van der Waals surface area (Å²) in [6, 6.07) is 2.74. The van der Waals surface area contributed by atoms with Gasteiger partial charge in [0.1, 0.15) is 0 Å². The van der Waals surface area contributed by atoms with Gasteiger partial charge in [0, 0.05) is 10.7 Å². The highest BCUT2D eigenvalue weighted by Gasteiger charge is 2.31. The molecule has 1 aromatic heterocycles. The molecule has 112 valence electrons. The van der Waals surface area contributed by atoms with E-state index in [4.69, 9.17) is 17.4 Å². The van der Waals surface area contributed by atoms with Crippen LogP contribution in [0.15, 0.2) is 24.4 Å². The Morgan fingerprint density at radius 2 is 1.90 bits per heavy atom. The number of anilines is 3. The number of hydrazine groups is 1. The van der Waals surface area contributed by atoms with Crippen molar-refractivity contribution in [2.45, 2.75) is 6.18 Å². The van der Waals surface area contributed by atoms with Crippen molar-refractivity contribution in [1.82, 2.24) is 9.97 Å². The number of nitrogens with one attached hydrogen (secondary N) is 2. The predicted molar refractivity (Wildman–Crippen MR) is 69.5 cm³/mol. The Hall–Kier alpha value is -2.13. The van der Waals surface area contributed by atoms with Gasteiger partial charge < -0.3 is 5.32 Å². The first-order valence-corrected chi connectivity index (χ1v) is 5.81. The fourth-order valence-electron chi connectivity index (χ4n) is 1.49. The number of nitrogens with zero attached hydrogens (tertiary/aromatic N) is 2. The summed E-state index contributed by atoms with van der Waals surface area (Å²) in [5.41, 5.74) is 1.05. The largest absolute Gasteiger partial charge is 0.416 e. The minimum atomic E-state index is -4.57. The van der Waals surface area contributed by atoms with Crippen molar-refractivity contribution in [3.8, 4) is 0 Å². The van der Waals surface area contributed by atoms with Gasteiger partial charge in [-0.2, -0.15) is 18.2 Å². The van der Waals surface area contributed by atoms with Crippen LogP contribution in [0.3, 0.4) is 0 Å². The second-order valence-corrected chi connectivity index (χ2v) is 4.32. The molecule has 2 rings (SSSR count). The zero-order valence-electron chi connectivity index (χ0n) is 10.2. The van der Waals surface area contributed by atoms with Gasteiger partial charge in [-0.1, -0.05) is 11.6 Å². The van der Waals surface area contributed by atoms with Crippen molar-refractivity contribution in [1.29, 1.82) is 0 Å². The first-order valence-electron chi connectivity index (χ1n) is 5.43. The van der Waals surface area contributed by atoms with Crippen LogP contribution in [0, 0.1) is 5.82 Å². The molecule has 0 spiro atoms. The van der Waals surface area contributed by atoms with Gasteiger partial charge in [0.15, 0.2) is 11.6 Å². The molecule has 0 radical (unpaired) electrons. The van der Waals surface area contributed by atoms with Gasteiger partial charge in [-0.05, 0) is 18.2 Å². The lowest BCUT2D eigenvalue weighted by molar-refractivity contribution is -0.137. The van der Waals surface area contributed by atoms with Crippen LogP contribution in [-0.2, 0) is 6.18 Å². The summed E-state index contributed by atoms with van der Waals surface area (Å²) < 4.78 is 51.5. The Labute approximate surface area is 121 Å². The smallest absolute Gasteiger partial charge is 0.338 e. The average molecular weight is 322 g/mol. The molecule has 0 bridgehead atoms. The van der Waals surface area contributed by atoms with E-state index in [1.54, 1.807) is 0 Å². The van der Waals surface area contributed by atoms with E-state index in [-0.39, 0.29) is 22.5 Å². The molecule has 10 heteroatoms. The molecule has 0 unspecified atom stereocenters. The molecule has 0 aliphatic rings. The summed E-state index contributed by atoms with van der Waals surface area (Å²) in [7, 11) is 0. The quantitative estimate of drug-likeness (QED) is 0.459. The first-order chi connectivity index (χ1) is 9.79. The molecule has 1 aromatic carbocycles. The van der Waals surface area contributed by atoms with Crippen LogP contribution in [0.1, 0.15) is 5.56 Å². The average Bonchev–Trinajstić information content (AvgIpc) is 2.39. The lowest BCUT2D eigenvalue weighted by Crippen LogP contribution is -2.12. The number of benzene rings is 1. The van der Waals surface area contributed by atoms with Crippen molar-refractivity contribution in [2.24, 2.45) is 5.84 Å². The van der Waals surface area contributed by atoms with E-state index in [0.717, 1.165) is 18.3 Å². The van der Waals surface area contributed by atoms with Crippen LogP contribution < -0.4 is 16.6 Å². The van der Waals surface area contributed by atoms with Crippen LogP contribution >= 0.6 is 11.6 Å². The van der Waals surface area contributed by atoms with Crippen LogP contribution in [0.5, 0.6) is 0 Å². The molecule has 0 fully saturated rings. The van der Waals surface area contributed by atoms with Gasteiger partial charge >= 0.3 is 6.18 Å². The highest BCUT2D eigenvalue weighted by atomic mass is 35.5. The molecule has 4 N–H and O–H groups in total. The summed E-state index contributed by atoms with van der Waals surface area (Å²) in [4.78, 5) is 7.16. The third-order valence-corrected chi connectivity index (χ3v) is 2.58. The highest BCUT2D eigenvalue weighted by molar-refractivity contribution is 6.31. The fourth-order valence-corrected chi connectivity index (χ4v) is 1.72. The molecule has 2 aromatic rings. The van der Waals surface area contributed by atoms with E-state index < -0.39 is 17.6 Å². The molecule has 5 nitrogen and oxygen atoms in total. The predicted octanol–water partition coefficient (Wildman–Crippen LogP) is 3.32. The lowest BCUT2D eigenvalue weighted by atomic mass is 10.2. The first kappa shape index (κ1) is 15.3. The number of hydrogen-bond acceptors (Lipinski definition) is 5. The number of nitrogens with two attached hydrogens (primary N) is 1. The Kier molecular flexibility index (Phi) is 4.14. The SMILES string of the molecule is NNc1ncc(F)c(Nc2cc(Cl)cc(C(F)(F)F)c2)n1. The van der Waals surface area contributed by atoms with Gasteiger partial charge in [0.05, 0.1) is 11.8 Å². The minimum absolute atomic E-state index is 0.0737. The highest BCUT2D eigenvalue weighted by Crippen LogP contribution is 2.34. The topological polar surface area (TPSA) is 75.9 Å². The number of hydrogen-bond donors (Lipinski definition) is 3. The van der Waals surface area contributed by atoms with Crippen LogP contribution in [0.4, 0.5) is 35.0 Å². The fraction of sp³-hybridized carbons (Fsp3) is 0.0909. The number of halogens is 5. The zero-order valence-corrected chi connectivity index (χ0v) is 10.9. The summed E-state index contributed by atoms with van der Waals surface area (Å²) in [5.74, 6) is 3.77. The van der Waals surface area contributed by atoms with Crippen molar-refractivity contribution in [2.75, 3.05) is 10.7 Å². The van der Waals surface area contributed by atoms with Gasteiger partial charge in [-0.15, -0.1) is 0 Å². The monoisotopic (exact) mass is 321 g/mol. The maximum atomic E-state index is 13.5. The Balaban J connectivity index is 2.38. The second kappa shape index (κ2) is 5.70. The zero-order chi connectivity index (χ0) is 15.6. The summed E-state index contributed by atoms with van der Waals surface area (Å²) >= 11 is 5.62. The number of alkyl halides is 3. The third kappa shape index (κ3) is 3.70. The molecule has 0 saturated heterocycles. The van der Waals surface area contributed by atoms with Gasteiger partial charge in [0.25, 0.3) is 0 Å². The molecule has 0 amide bonds. The molecular formula is C11H8ClF4N5. The van der Waals surface area contributed by atoms with E-state index in [9.17, 15) is 17.6 Å². The van der Waals surface area contributed by atoms with Gasteiger partial charge in [0.2, 0.25) is 5.95 Å². The van der Waals surface area contributed by atoms with Crippen LogP contribution in [-0.4, -0.2) is 9.97 Å². The summed E-state index contributed by atoms with van der Waals surface area (Å²) in [6.07, 6.45) is -3.75. The summed E-state index contributed by atoms with van der Waals surface area (Å²) in [6.45, 7) is 0. The number of rotatable bonds is 3. The van der Waals surface area contributed by atoms with Gasteiger partial charge in [-0.3, -0.25) is 5.43 Å². The lowest BCUT2D eigenvalue weighted by Gasteiger charge is -2.12. The standard InChI is InChI=1S/C11H8ClF4N5/c12-6-1-5(11(14,15)16)2-7(3-6)19-9-8(13)4-18-10(20-9)21-17/h1-4H,17H2,(H2,18,19,20,21). The molecule has 0 aliphatic carbocycles. The number of aromatic nitrogens is 2. The minimum Gasteiger partial charge on any atom is -0.338 e. The van der Waals surface area contributed by atoms with E-state index >= 15 is 0 Å². The number of nitrogen functional groups attached to an aromatic ring is 1. The van der Waals surface area contributed by atoms with E-state index in [2.05, 4.69) is 20.7 Å². The maximum absolute atomic E-state index is 13.5. The Morgan fingerprint density at radius 3 is 2.52 bits per heavy atom. The summed E-state index contributed by atoms with van der Waals surface area (Å²) in [5, 5.41) is 2.24.